The van der Waals surface area contributed by atoms with Gasteiger partial charge in [-0.05, 0) is 31.7 Å². The molecule has 0 atom stereocenters. The highest BCUT2D eigenvalue weighted by atomic mass is 35.5. The molecule has 0 radical (unpaired) electrons. The van der Waals surface area contributed by atoms with Crippen molar-refractivity contribution in [3.63, 3.8) is 0 Å². The largest absolute Gasteiger partial charge is 0.340 e. The van der Waals surface area contributed by atoms with Crippen LogP contribution in [0.2, 0.25) is 5.02 Å². The Kier molecular flexibility index (Phi) is 7.32. The number of benzene rings is 1. The summed E-state index contributed by atoms with van der Waals surface area (Å²) in [7, 11) is 0. The van der Waals surface area contributed by atoms with Gasteiger partial charge in [0.15, 0.2) is 5.16 Å². The summed E-state index contributed by atoms with van der Waals surface area (Å²) in [5.41, 5.74) is 1.53. The standard InChI is InChI=1S/C20H24ClFN4O2S/c1-13-14(19(28)24-20(23-13)29-2)6-7-18(27)26-10-8-25(9-11-26)12-15-16(21)4-3-5-17(15)22/h3-5H,6-12H2,1-2H3,(H,23,24,28). The number of carbonyl (C=O) groups is 1. The topological polar surface area (TPSA) is 69.3 Å². The predicted molar refractivity (Wildman–Crippen MR) is 113 cm³/mol. The summed E-state index contributed by atoms with van der Waals surface area (Å²) in [6, 6.07) is 4.68. The Morgan fingerprint density at radius 3 is 2.62 bits per heavy atom. The molecule has 0 saturated carbocycles. The average Bonchev–Trinajstić information content (AvgIpc) is 2.70. The van der Waals surface area contributed by atoms with Crippen LogP contribution in [0.15, 0.2) is 28.2 Å². The van der Waals surface area contributed by atoms with Gasteiger partial charge in [-0.25, -0.2) is 9.37 Å². The van der Waals surface area contributed by atoms with Crippen molar-refractivity contribution < 1.29 is 9.18 Å². The van der Waals surface area contributed by atoms with E-state index in [1.807, 2.05) is 6.26 Å². The van der Waals surface area contributed by atoms with E-state index in [0.29, 0.717) is 66.1 Å². The monoisotopic (exact) mass is 438 g/mol. The van der Waals surface area contributed by atoms with Crippen molar-refractivity contribution in [3.05, 3.63) is 56.2 Å². The van der Waals surface area contributed by atoms with Gasteiger partial charge >= 0.3 is 0 Å². The number of H-pyrrole nitrogens is 1. The van der Waals surface area contributed by atoms with Crippen molar-refractivity contribution in [2.24, 2.45) is 0 Å². The van der Waals surface area contributed by atoms with Gasteiger partial charge in [0.2, 0.25) is 5.91 Å². The van der Waals surface area contributed by atoms with E-state index in [4.69, 9.17) is 11.6 Å². The Morgan fingerprint density at radius 2 is 2.00 bits per heavy atom. The quantitative estimate of drug-likeness (QED) is 0.554. The van der Waals surface area contributed by atoms with Gasteiger partial charge in [-0.3, -0.25) is 14.5 Å². The molecule has 9 heteroatoms. The van der Waals surface area contributed by atoms with Gasteiger partial charge in [0.05, 0.1) is 0 Å². The van der Waals surface area contributed by atoms with E-state index < -0.39 is 0 Å². The van der Waals surface area contributed by atoms with E-state index in [1.165, 1.54) is 17.8 Å². The lowest BCUT2D eigenvalue weighted by molar-refractivity contribution is -0.133. The number of nitrogens with zero attached hydrogens (tertiary/aromatic N) is 3. The Hall–Kier alpha value is -1.90. The number of nitrogens with one attached hydrogen (secondary N) is 1. The fraction of sp³-hybridized carbons (Fsp3) is 0.450. The third-order valence-electron chi connectivity index (χ3n) is 5.15. The number of rotatable bonds is 6. The number of aryl methyl sites for hydroxylation is 1. The summed E-state index contributed by atoms with van der Waals surface area (Å²) >= 11 is 7.48. The highest BCUT2D eigenvalue weighted by Crippen LogP contribution is 2.21. The summed E-state index contributed by atoms with van der Waals surface area (Å²) in [6.45, 7) is 4.67. The Bertz CT molecular complexity index is 924. The summed E-state index contributed by atoms with van der Waals surface area (Å²) in [4.78, 5) is 35.7. The minimum Gasteiger partial charge on any atom is -0.340 e. The Labute approximate surface area is 178 Å². The molecule has 1 aliphatic heterocycles. The molecule has 2 aromatic rings. The van der Waals surface area contributed by atoms with Crippen molar-refractivity contribution in [1.29, 1.82) is 0 Å². The number of aromatic amines is 1. The van der Waals surface area contributed by atoms with Gasteiger partial charge in [-0.2, -0.15) is 0 Å². The van der Waals surface area contributed by atoms with Crippen molar-refractivity contribution in [3.8, 4) is 0 Å². The third-order valence-corrected chi connectivity index (χ3v) is 6.09. The number of hydrogen-bond donors (Lipinski definition) is 1. The minimum atomic E-state index is -0.308. The molecule has 156 valence electrons. The van der Waals surface area contributed by atoms with Gasteiger partial charge < -0.3 is 9.88 Å². The minimum absolute atomic E-state index is 0.0151. The van der Waals surface area contributed by atoms with Gasteiger partial charge in [-0.1, -0.05) is 29.4 Å². The first kappa shape index (κ1) is 21.8. The van der Waals surface area contributed by atoms with Crippen LogP contribution in [0, 0.1) is 12.7 Å². The molecular formula is C20H24ClFN4O2S. The van der Waals surface area contributed by atoms with Crippen LogP contribution in [0.1, 0.15) is 23.2 Å². The molecule has 1 N–H and O–H groups in total. The fourth-order valence-corrected chi connectivity index (χ4v) is 4.07. The number of hydrogen-bond acceptors (Lipinski definition) is 5. The third kappa shape index (κ3) is 5.38. The van der Waals surface area contributed by atoms with E-state index in [2.05, 4.69) is 14.9 Å². The van der Waals surface area contributed by atoms with Crippen LogP contribution in [0.25, 0.3) is 0 Å². The zero-order chi connectivity index (χ0) is 21.0. The summed E-state index contributed by atoms with van der Waals surface area (Å²) < 4.78 is 14.0. The zero-order valence-electron chi connectivity index (χ0n) is 16.5. The van der Waals surface area contributed by atoms with Crippen molar-refractivity contribution in [2.75, 3.05) is 32.4 Å². The molecule has 1 aromatic heterocycles. The SMILES string of the molecule is CSc1nc(C)c(CCC(=O)N2CCN(Cc3c(F)cccc3Cl)CC2)c(=O)[nH]1. The number of halogens is 2. The highest BCUT2D eigenvalue weighted by molar-refractivity contribution is 7.98. The lowest BCUT2D eigenvalue weighted by Gasteiger charge is -2.35. The molecule has 1 amide bonds. The van der Waals surface area contributed by atoms with Crippen molar-refractivity contribution >= 4 is 29.3 Å². The van der Waals surface area contributed by atoms with E-state index in [0.717, 1.165) is 0 Å². The molecule has 0 bridgehead atoms. The van der Waals surface area contributed by atoms with Crippen molar-refractivity contribution in [1.82, 2.24) is 19.8 Å². The number of piperazine rings is 1. The zero-order valence-corrected chi connectivity index (χ0v) is 18.1. The molecule has 1 aliphatic rings. The number of amides is 1. The van der Waals surface area contributed by atoms with Gasteiger partial charge in [0.25, 0.3) is 5.56 Å². The maximum atomic E-state index is 14.0. The number of thioether (sulfide) groups is 1. The first-order valence-electron chi connectivity index (χ1n) is 9.46. The van der Waals surface area contributed by atoms with Crippen LogP contribution in [-0.2, 0) is 17.8 Å². The van der Waals surface area contributed by atoms with E-state index in [-0.39, 0.29) is 23.7 Å². The van der Waals surface area contributed by atoms with Crippen LogP contribution >= 0.6 is 23.4 Å². The van der Waals surface area contributed by atoms with E-state index in [1.54, 1.807) is 24.0 Å². The van der Waals surface area contributed by atoms with Gasteiger partial charge in [0, 0.05) is 61.0 Å². The molecule has 1 fully saturated rings. The maximum Gasteiger partial charge on any atom is 0.254 e. The maximum absolute atomic E-state index is 14.0. The summed E-state index contributed by atoms with van der Waals surface area (Å²) in [5.74, 6) is -0.293. The second-order valence-corrected chi connectivity index (χ2v) is 8.20. The molecule has 6 nitrogen and oxygen atoms in total. The van der Waals surface area contributed by atoms with Crippen molar-refractivity contribution in [2.45, 2.75) is 31.5 Å². The molecule has 29 heavy (non-hydrogen) atoms. The molecule has 1 saturated heterocycles. The second-order valence-electron chi connectivity index (χ2n) is 7.00. The van der Waals surface area contributed by atoms with Crippen LogP contribution in [0.5, 0.6) is 0 Å². The lowest BCUT2D eigenvalue weighted by atomic mass is 10.1. The second kappa shape index (κ2) is 9.73. The van der Waals surface area contributed by atoms with Crippen LogP contribution in [-0.4, -0.2) is 58.1 Å². The predicted octanol–water partition coefficient (Wildman–Crippen LogP) is 2.87. The average molecular weight is 439 g/mol. The van der Waals surface area contributed by atoms with Crippen LogP contribution in [0.4, 0.5) is 4.39 Å². The van der Waals surface area contributed by atoms with Gasteiger partial charge in [0.1, 0.15) is 5.82 Å². The molecule has 0 spiro atoms. The molecule has 1 aromatic carbocycles. The Balaban J connectivity index is 1.52. The Morgan fingerprint density at radius 1 is 1.28 bits per heavy atom. The van der Waals surface area contributed by atoms with Gasteiger partial charge in [-0.15, -0.1) is 0 Å². The van der Waals surface area contributed by atoms with Crippen LogP contribution < -0.4 is 5.56 Å². The summed E-state index contributed by atoms with van der Waals surface area (Å²) in [6.07, 6.45) is 2.48. The molecule has 2 heterocycles. The van der Waals surface area contributed by atoms with E-state index in [9.17, 15) is 14.0 Å². The molecular weight excluding hydrogens is 415 g/mol. The molecule has 0 aliphatic carbocycles. The number of aromatic nitrogens is 2. The smallest absolute Gasteiger partial charge is 0.254 e. The highest BCUT2D eigenvalue weighted by Gasteiger charge is 2.23. The summed E-state index contributed by atoms with van der Waals surface area (Å²) in [5, 5.41) is 0.999. The fourth-order valence-electron chi connectivity index (χ4n) is 3.43. The van der Waals surface area contributed by atoms with E-state index >= 15 is 0 Å². The lowest BCUT2D eigenvalue weighted by Crippen LogP contribution is -2.48. The molecule has 3 rings (SSSR count). The first-order chi connectivity index (χ1) is 13.9. The first-order valence-corrected chi connectivity index (χ1v) is 11.1. The molecule has 0 unspecified atom stereocenters. The van der Waals surface area contributed by atoms with Crippen LogP contribution in [0.3, 0.4) is 0 Å². The number of carbonyl (C=O) groups excluding carboxylic acids is 1. The normalized spacial score (nSPS) is 15.0.